The van der Waals surface area contributed by atoms with E-state index < -0.39 is 0 Å². The van der Waals surface area contributed by atoms with Crippen LogP contribution in [0.25, 0.3) is 5.69 Å². The van der Waals surface area contributed by atoms with Gasteiger partial charge in [-0.2, -0.15) is 0 Å². The van der Waals surface area contributed by atoms with E-state index in [0.29, 0.717) is 5.56 Å². The summed E-state index contributed by atoms with van der Waals surface area (Å²) in [5.41, 5.74) is 3.14. The first-order valence-electron chi connectivity index (χ1n) is 6.47. The number of nitrogens with one attached hydrogen (secondary N) is 1. The van der Waals surface area contributed by atoms with Gasteiger partial charge in [0.2, 0.25) is 0 Å². The van der Waals surface area contributed by atoms with Crippen LogP contribution >= 0.6 is 0 Å². The first-order chi connectivity index (χ1) is 9.06. The average Bonchev–Trinajstić information content (AvgIpc) is 2.75. The molecule has 102 valence electrons. The molecular weight excluding hydrogens is 243 g/mol. The molecule has 1 aromatic heterocycles. The Balaban J connectivity index is 2.44. The molecule has 5 heteroatoms. The second kappa shape index (κ2) is 5.48. The molecule has 0 bridgehead atoms. The van der Waals surface area contributed by atoms with Crippen molar-refractivity contribution in [2.24, 2.45) is 0 Å². The lowest BCUT2D eigenvalue weighted by molar-refractivity contribution is 0.579. The van der Waals surface area contributed by atoms with E-state index in [1.807, 2.05) is 26.8 Å². The summed E-state index contributed by atoms with van der Waals surface area (Å²) in [7, 11) is 0. The highest BCUT2D eigenvalue weighted by Gasteiger charge is 2.17. The molecule has 1 atom stereocenters. The summed E-state index contributed by atoms with van der Waals surface area (Å²) in [6, 6.07) is 5.12. The average molecular weight is 262 g/mol. The van der Waals surface area contributed by atoms with Gasteiger partial charge in [0.1, 0.15) is 11.5 Å². The van der Waals surface area contributed by atoms with Gasteiger partial charge in [0, 0.05) is 5.56 Å². The molecule has 19 heavy (non-hydrogen) atoms. The molecule has 2 rings (SSSR count). The van der Waals surface area contributed by atoms with Gasteiger partial charge in [-0.3, -0.25) is 0 Å². The highest BCUT2D eigenvalue weighted by Crippen LogP contribution is 2.21. The summed E-state index contributed by atoms with van der Waals surface area (Å²) in [4.78, 5) is 0. The van der Waals surface area contributed by atoms with Crippen molar-refractivity contribution in [1.82, 2.24) is 20.3 Å². The van der Waals surface area contributed by atoms with Crippen molar-refractivity contribution >= 4 is 0 Å². The number of halogens is 1. The molecule has 0 aliphatic rings. The molecule has 2 aromatic rings. The van der Waals surface area contributed by atoms with Crippen LogP contribution < -0.4 is 5.32 Å². The highest BCUT2D eigenvalue weighted by molar-refractivity contribution is 5.41. The van der Waals surface area contributed by atoms with E-state index >= 15 is 0 Å². The molecule has 0 radical (unpaired) electrons. The molecular formula is C14H19FN4. The van der Waals surface area contributed by atoms with Crippen molar-refractivity contribution in [2.45, 2.75) is 33.7 Å². The first-order valence-corrected chi connectivity index (χ1v) is 6.47. The summed E-state index contributed by atoms with van der Waals surface area (Å²) in [6.45, 7) is 8.66. The number of aromatic nitrogens is 3. The van der Waals surface area contributed by atoms with Gasteiger partial charge in [-0.05, 0) is 39.4 Å². The van der Waals surface area contributed by atoms with Crippen LogP contribution in [0.15, 0.2) is 18.2 Å². The van der Waals surface area contributed by atoms with Crippen molar-refractivity contribution in [3.8, 4) is 5.69 Å². The minimum absolute atomic E-state index is 0.132. The number of benzene rings is 1. The topological polar surface area (TPSA) is 42.7 Å². The zero-order valence-electron chi connectivity index (χ0n) is 11.7. The molecule has 1 N–H and O–H groups in total. The SMILES string of the molecule is CCNC(C)c1nnn(-c2cccc(F)c2C)c1C. The number of hydrogen-bond donors (Lipinski definition) is 1. The Morgan fingerprint density at radius 3 is 2.79 bits per heavy atom. The molecule has 4 nitrogen and oxygen atoms in total. The normalized spacial score (nSPS) is 12.7. The number of nitrogens with zero attached hydrogens (tertiary/aromatic N) is 3. The molecule has 0 aliphatic carbocycles. The smallest absolute Gasteiger partial charge is 0.128 e. The maximum atomic E-state index is 13.6. The van der Waals surface area contributed by atoms with Crippen LogP contribution in [0.3, 0.4) is 0 Å². The molecule has 1 unspecified atom stereocenters. The van der Waals surface area contributed by atoms with Crippen LogP contribution in [-0.4, -0.2) is 21.5 Å². The van der Waals surface area contributed by atoms with Gasteiger partial charge in [-0.25, -0.2) is 9.07 Å². The fourth-order valence-electron chi connectivity index (χ4n) is 2.20. The van der Waals surface area contributed by atoms with Crippen molar-refractivity contribution in [1.29, 1.82) is 0 Å². The summed E-state index contributed by atoms with van der Waals surface area (Å²) < 4.78 is 15.3. The molecule has 0 amide bonds. The van der Waals surface area contributed by atoms with E-state index in [0.717, 1.165) is 23.6 Å². The predicted octanol–water partition coefficient (Wildman–Crippen LogP) is 2.69. The van der Waals surface area contributed by atoms with Gasteiger partial charge in [-0.15, -0.1) is 5.10 Å². The van der Waals surface area contributed by atoms with Crippen LogP contribution in [0.1, 0.15) is 36.8 Å². The van der Waals surface area contributed by atoms with E-state index in [4.69, 9.17) is 0 Å². The molecule has 0 fully saturated rings. The summed E-state index contributed by atoms with van der Waals surface area (Å²) in [5, 5.41) is 11.7. The number of hydrogen-bond acceptors (Lipinski definition) is 3. The third kappa shape index (κ3) is 2.51. The Bertz CT molecular complexity index is 577. The second-order valence-electron chi connectivity index (χ2n) is 4.64. The van der Waals surface area contributed by atoms with Crippen LogP contribution in [0.2, 0.25) is 0 Å². The molecule has 0 aliphatic heterocycles. The molecule has 0 saturated heterocycles. The number of rotatable bonds is 4. The zero-order chi connectivity index (χ0) is 14.0. The lowest BCUT2D eigenvalue weighted by Crippen LogP contribution is -2.19. The van der Waals surface area contributed by atoms with Gasteiger partial charge in [0.15, 0.2) is 0 Å². The van der Waals surface area contributed by atoms with Crippen molar-refractivity contribution < 1.29 is 4.39 Å². The van der Waals surface area contributed by atoms with E-state index in [2.05, 4.69) is 15.6 Å². The highest BCUT2D eigenvalue weighted by atomic mass is 19.1. The predicted molar refractivity (Wildman–Crippen MR) is 72.9 cm³/mol. The van der Waals surface area contributed by atoms with E-state index in [1.54, 1.807) is 17.7 Å². The van der Waals surface area contributed by atoms with Crippen molar-refractivity contribution in [3.63, 3.8) is 0 Å². The minimum atomic E-state index is -0.228. The lowest BCUT2D eigenvalue weighted by atomic mass is 10.1. The monoisotopic (exact) mass is 262 g/mol. The fourth-order valence-corrected chi connectivity index (χ4v) is 2.20. The largest absolute Gasteiger partial charge is 0.309 e. The Morgan fingerprint density at radius 1 is 1.37 bits per heavy atom. The minimum Gasteiger partial charge on any atom is -0.309 e. The second-order valence-corrected chi connectivity index (χ2v) is 4.64. The van der Waals surface area contributed by atoms with Crippen LogP contribution in [-0.2, 0) is 0 Å². The van der Waals surface area contributed by atoms with E-state index in [9.17, 15) is 4.39 Å². The van der Waals surface area contributed by atoms with Gasteiger partial charge in [0.25, 0.3) is 0 Å². The first kappa shape index (κ1) is 13.7. The summed E-state index contributed by atoms with van der Waals surface area (Å²) in [6.07, 6.45) is 0. The van der Waals surface area contributed by atoms with Crippen molar-refractivity contribution in [2.75, 3.05) is 6.54 Å². The third-order valence-electron chi connectivity index (χ3n) is 3.32. The third-order valence-corrected chi connectivity index (χ3v) is 3.32. The molecule has 1 heterocycles. The Kier molecular flexibility index (Phi) is 3.95. The Morgan fingerprint density at radius 2 is 2.11 bits per heavy atom. The van der Waals surface area contributed by atoms with E-state index in [-0.39, 0.29) is 11.9 Å². The van der Waals surface area contributed by atoms with Crippen LogP contribution in [0.4, 0.5) is 4.39 Å². The summed E-state index contributed by atoms with van der Waals surface area (Å²) in [5.74, 6) is -0.228. The van der Waals surface area contributed by atoms with Gasteiger partial charge in [0.05, 0.1) is 17.4 Å². The standard InChI is InChI=1S/C14H19FN4/c1-5-16-10(3)14-11(4)19(18-17-14)13-8-6-7-12(15)9(13)2/h6-8,10,16H,5H2,1-4H3. The van der Waals surface area contributed by atoms with Gasteiger partial charge < -0.3 is 5.32 Å². The molecule has 0 saturated carbocycles. The maximum Gasteiger partial charge on any atom is 0.128 e. The Hall–Kier alpha value is -1.75. The summed E-state index contributed by atoms with van der Waals surface area (Å²) >= 11 is 0. The van der Waals surface area contributed by atoms with Gasteiger partial charge >= 0.3 is 0 Å². The fraction of sp³-hybridized carbons (Fsp3) is 0.429. The molecule has 0 spiro atoms. The quantitative estimate of drug-likeness (QED) is 0.921. The zero-order valence-corrected chi connectivity index (χ0v) is 11.7. The Labute approximate surface area is 112 Å². The lowest BCUT2D eigenvalue weighted by Gasteiger charge is -2.11. The van der Waals surface area contributed by atoms with Crippen LogP contribution in [0, 0.1) is 19.7 Å². The van der Waals surface area contributed by atoms with Gasteiger partial charge in [-0.1, -0.05) is 18.2 Å². The maximum absolute atomic E-state index is 13.6. The molecule has 1 aromatic carbocycles. The van der Waals surface area contributed by atoms with Crippen LogP contribution in [0.5, 0.6) is 0 Å². The van der Waals surface area contributed by atoms with E-state index in [1.165, 1.54) is 6.07 Å². The van der Waals surface area contributed by atoms with Crippen molar-refractivity contribution in [3.05, 3.63) is 41.0 Å².